The van der Waals surface area contributed by atoms with Crippen molar-refractivity contribution in [1.29, 1.82) is 0 Å². The number of piperidine rings is 1. The van der Waals surface area contributed by atoms with Gasteiger partial charge in [-0.05, 0) is 51.8 Å². The van der Waals surface area contributed by atoms with Crippen molar-refractivity contribution in [1.82, 2.24) is 15.0 Å². The molecule has 1 aromatic carbocycles. The van der Waals surface area contributed by atoms with Crippen LogP contribution in [0.4, 0.5) is 9.18 Å². The van der Waals surface area contributed by atoms with E-state index >= 15 is 0 Å². The van der Waals surface area contributed by atoms with Crippen LogP contribution in [0.25, 0.3) is 11.4 Å². The zero-order chi connectivity index (χ0) is 21.9. The van der Waals surface area contributed by atoms with E-state index in [1.165, 1.54) is 18.4 Å². The van der Waals surface area contributed by atoms with Crippen LogP contribution in [0.5, 0.6) is 0 Å². The number of rotatable bonds is 5. The van der Waals surface area contributed by atoms with Crippen LogP contribution in [-0.2, 0) is 26.9 Å². The minimum atomic E-state index is -1.27. The predicted octanol–water partition coefficient (Wildman–Crippen LogP) is 3.53. The second-order valence-corrected chi connectivity index (χ2v) is 9.46. The third-order valence-corrected chi connectivity index (χ3v) is 5.44. The molecule has 1 amide bonds. The summed E-state index contributed by atoms with van der Waals surface area (Å²) in [6, 6.07) is 4.25. The third-order valence-electron chi connectivity index (χ3n) is 4.52. The van der Waals surface area contributed by atoms with Crippen molar-refractivity contribution >= 4 is 16.9 Å². The highest BCUT2D eigenvalue weighted by molar-refractivity contribution is 7.84. The monoisotopic (exact) mass is 439 g/mol. The Balaban J connectivity index is 1.51. The third kappa shape index (κ3) is 5.85. The van der Waals surface area contributed by atoms with Crippen molar-refractivity contribution in [2.45, 2.75) is 56.8 Å². The highest BCUT2D eigenvalue weighted by atomic mass is 32.2. The topological polar surface area (TPSA) is 94.8 Å². The van der Waals surface area contributed by atoms with Gasteiger partial charge < -0.3 is 18.9 Å². The molecule has 10 heteroatoms. The Labute approximate surface area is 177 Å². The number of hydrogen-bond donors (Lipinski definition) is 0. The minimum Gasteiger partial charge on any atom is -0.444 e. The maximum atomic E-state index is 14.3. The normalized spacial score (nSPS) is 16.5. The van der Waals surface area contributed by atoms with E-state index in [4.69, 9.17) is 14.0 Å². The first-order valence-electron chi connectivity index (χ1n) is 9.68. The van der Waals surface area contributed by atoms with Gasteiger partial charge in [-0.1, -0.05) is 5.16 Å². The lowest BCUT2D eigenvalue weighted by atomic mass is 10.1. The minimum absolute atomic E-state index is 0.0467. The summed E-state index contributed by atoms with van der Waals surface area (Å²) in [6.45, 7) is 6.71. The van der Waals surface area contributed by atoms with E-state index in [2.05, 4.69) is 10.1 Å². The first-order valence-corrected chi connectivity index (χ1v) is 11.2. The van der Waals surface area contributed by atoms with Gasteiger partial charge >= 0.3 is 6.09 Å². The first-order chi connectivity index (χ1) is 14.1. The smallest absolute Gasteiger partial charge is 0.410 e. The number of carbonyl (C=O) groups is 1. The van der Waals surface area contributed by atoms with Gasteiger partial charge in [-0.2, -0.15) is 4.98 Å². The Morgan fingerprint density at radius 1 is 1.33 bits per heavy atom. The average molecular weight is 440 g/mol. The second kappa shape index (κ2) is 9.22. The largest absolute Gasteiger partial charge is 0.444 e. The van der Waals surface area contributed by atoms with Crippen LogP contribution in [-0.4, -0.2) is 56.4 Å². The van der Waals surface area contributed by atoms with E-state index in [0.29, 0.717) is 30.8 Å². The summed E-state index contributed by atoms with van der Waals surface area (Å²) in [5.74, 6) is -0.216. The Hall–Kier alpha value is -2.33. The van der Waals surface area contributed by atoms with Gasteiger partial charge in [0.1, 0.15) is 18.0 Å². The molecule has 0 N–H and O–H groups in total. The quantitative estimate of drug-likeness (QED) is 0.703. The van der Waals surface area contributed by atoms with Gasteiger partial charge in [0, 0.05) is 35.0 Å². The molecule has 1 unspecified atom stereocenters. The molecular formula is C20H26FN3O5S. The molecule has 1 aliphatic rings. The molecule has 30 heavy (non-hydrogen) atoms. The summed E-state index contributed by atoms with van der Waals surface area (Å²) in [4.78, 5) is 18.3. The Bertz CT molecular complexity index is 919. The molecule has 0 saturated carbocycles. The van der Waals surface area contributed by atoms with Crippen molar-refractivity contribution < 1.29 is 27.4 Å². The Kier molecular flexibility index (Phi) is 6.87. The number of halogens is 1. The van der Waals surface area contributed by atoms with Gasteiger partial charge in [0.05, 0.1) is 11.7 Å². The van der Waals surface area contributed by atoms with Gasteiger partial charge in [0.15, 0.2) is 0 Å². The van der Waals surface area contributed by atoms with E-state index in [0.717, 1.165) is 0 Å². The van der Waals surface area contributed by atoms with Crippen LogP contribution in [0.3, 0.4) is 0 Å². The summed E-state index contributed by atoms with van der Waals surface area (Å²) in [6.07, 6.45) is 2.46. The number of amides is 1. The summed E-state index contributed by atoms with van der Waals surface area (Å²) in [7, 11) is -1.27. The number of likely N-dealkylation sites (tertiary alicyclic amines) is 1. The number of benzene rings is 1. The zero-order valence-electron chi connectivity index (χ0n) is 17.5. The first kappa shape index (κ1) is 22.4. The van der Waals surface area contributed by atoms with Crippen LogP contribution in [0.2, 0.25) is 0 Å². The van der Waals surface area contributed by atoms with Gasteiger partial charge in [0.25, 0.3) is 5.89 Å². The molecule has 0 radical (unpaired) electrons. The summed E-state index contributed by atoms with van der Waals surface area (Å²) in [5, 5.41) is 3.80. The van der Waals surface area contributed by atoms with Gasteiger partial charge in [-0.25, -0.2) is 9.18 Å². The van der Waals surface area contributed by atoms with E-state index in [-0.39, 0.29) is 36.1 Å². The number of nitrogens with zero attached hydrogens (tertiary/aromatic N) is 3. The van der Waals surface area contributed by atoms with Crippen LogP contribution in [0, 0.1) is 5.82 Å². The Morgan fingerprint density at radius 2 is 2.03 bits per heavy atom. The van der Waals surface area contributed by atoms with Gasteiger partial charge in [-0.3, -0.25) is 4.21 Å². The van der Waals surface area contributed by atoms with E-state index in [1.54, 1.807) is 11.0 Å². The highest BCUT2D eigenvalue weighted by Gasteiger charge is 2.27. The Morgan fingerprint density at radius 3 is 2.63 bits per heavy atom. The molecule has 1 atom stereocenters. The molecule has 0 bridgehead atoms. The fourth-order valence-electron chi connectivity index (χ4n) is 3.00. The van der Waals surface area contributed by atoms with Crippen molar-refractivity contribution in [2.24, 2.45) is 0 Å². The SMILES string of the molecule is CS(=O)c1ccc(-c2noc(COC3CCN(C(=O)OC(C)(C)C)CC3)n2)c(F)c1. The molecule has 0 aliphatic carbocycles. The molecule has 1 fully saturated rings. The van der Waals surface area contributed by atoms with Crippen LogP contribution in [0.1, 0.15) is 39.5 Å². The maximum absolute atomic E-state index is 14.3. The van der Waals surface area contributed by atoms with Gasteiger partial charge in [-0.15, -0.1) is 0 Å². The van der Waals surface area contributed by atoms with E-state index in [1.807, 2.05) is 20.8 Å². The number of hydrogen-bond acceptors (Lipinski definition) is 7. The van der Waals surface area contributed by atoms with Crippen molar-refractivity contribution in [3.63, 3.8) is 0 Å². The standard InChI is InChI=1S/C20H26FN3O5S/c1-20(2,3)28-19(25)24-9-7-13(8-10-24)27-12-17-22-18(23-29-17)15-6-5-14(30(4)26)11-16(15)21/h5-6,11,13H,7-10,12H2,1-4H3. The number of aromatic nitrogens is 2. The summed E-state index contributed by atoms with van der Waals surface area (Å²) >= 11 is 0. The van der Waals surface area contributed by atoms with Crippen LogP contribution in [0.15, 0.2) is 27.6 Å². The molecule has 3 rings (SSSR count). The lowest BCUT2D eigenvalue weighted by Gasteiger charge is -2.33. The predicted molar refractivity (Wildman–Crippen MR) is 108 cm³/mol. The van der Waals surface area contributed by atoms with Crippen molar-refractivity contribution in [3.8, 4) is 11.4 Å². The summed E-state index contributed by atoms with van der Waals surface area (Å²) < 4.78 is 42.1. The molecule has 0 spiro atoms. The fourth-order valence-corrected chi connectivity index (χ4v) is 3.53. The molecule has 8 nitrogen and oxygen atoms in total. The lowest BCUT2D eigenvalue weighted by Crippen LogP contribution is -2.43. The second-order valence-electron chi connectivity index (χ2n) is 8.09. The molecule has 2 heterocycles. The van der Waals surface area contributed by atoms with E-state index in [9.17, 15) is 13.4 Å². The molecule has 2 aromatic rings. The van der Waals surface area contributed by atoms with Crippen molar-refractivity contribution in [3.05, 3.63) is 29.9 Å². The molecule has 164 valence electrons. The number of carbonyl (C=O) groups excluding carboxylic acids is 1. The highest BCUT2D eigenvalue weighted by Crippen LogP contribution is 2.23. The molecule has 1 aliphatic heterocycles. The van der Waals surface area contributed by atoms with Gasteiger partial charge in [0.2, 0.25) is 5.82 Å². The van der Waals surface area contributed by atoms with E-state index < -0.39 is 22.2 Å². The average Bonchev–Trinajstić information content (AvgIpc) is 3.14. The van der Waals surface area contributed by atoms with Crippen LogP contribution < -0.4 is 0 Å². The zero-order valence-corrected chi connectivity index (χ0v) is 18.3. The summed E-state index contributed by atoms with van der Waals surface area (Å²) in [5.41, 5.74) is -0.349. The number of ether oxygens (including phenoxy) is 2. The lowest BCUT2D eigenvalue weighted by molar-refractivity contribution is -0.0231. The molecular weight excluding hydrogens is 413 g/mol. The fraction of sp³-hybridized carbons (Fsp3) is 0.550. The maximum Gasteiger partial charge on any atom is 0.410 e. The molecule has 1 aromatic heterocycles. The van der Waals surface area contributed by atoms with Crippen LogP contribution >= 0.6 is 0 Å². The molecule has 1 saturated heterocycles. The van der Waals surface area contributed by atoms with Crippen molar-refractivity contribution in [2.75, 3.05) is 19.3 Å².